The first kappa shape index (κ1) is 24.6. The summed E-state index contributed by atoms with van der Waals surface area (Å²) in [6.07, 6.45) is 7.63. The van der Waals surface area contributed by atoms with Crippen LogP contribution in [0, 0.1) is 13.8 Å². The van der Waals surface area contributed by atoms with Gasteiger partial charge in [0.05, 0.1) is 11.8 Å². The number of sulfone groups is 1. The zero-order valence-corrected chi connectivity index (χ0v) is 21.1. The van der Waals surface area contributed by atoms with Crippen LogP contribution in [0.15, 0.2) is 51.2 Å². The maximum atomic E-state index is 13.1. The van der Waals surface area contributed by atoms with Gasteiger partial charge in [0.15, 0.2) is 5.03 Å². The maximum Gasteiger partial charge on any atom is 0.254 e. The summed E-state index contributed by atoms with van der Waals surface area (Å²) in [6, 6.07) is 4.53. The second kappa shape index (κ2) is 10.0. The fraction of sp³-hybridized carbons (Fsp3) is 0.417. The third-order valence-corrected chi connectivity index (χ3v) is 7.97. The van der Waals surface area contributed by atoms with Gasteiger partial charge in [-0.3, -0.25) is 4.79 Å². The molecule has 0 spiro atoms. The fourth-order valence-electron chi connectivity index (χ4n) is 4.32. The van der Waals surface area contributed by atoms with Crippen molar-refractivity contribution in [3.05, 3.63) is 53.7 Å². The van der Waals surface area contributed by atoms with Crippen LogP contribution in [0.25, 0.3) is 0 Å². The Labute approximate surface area is 205 Å². The molecule has 11 heteroatoms. The summed E-state index contributed by atoms with van der Waals surface area (Å²) in [5, 5.41) is 6.12. The highest BCUT2D eigenvalue weighted by Gasteiger charge is 2.30. The summed E-state index contributed by atoms with van der Waals surface area (Å²) in [7, 11) is -0.0987. The predicted molar refractivity (Wildman–Crippen MR) is 131 cm³/mol. The van der Waals surface area contributed by atoms with E-state index in [4.69, 9.17) is 4.42 Å². The minimum absolute atomic E-state index is 0.00702. The Kier molecular flexibility index (Phi) is 7.06. The number of hydrogen-bond donors (Lipinski definition) is 2. The number of aryl methyl sites for hydroxylation is 2. The zero-order valence-electron chi connectivity index (χ0n) is 20.3. The quantitative estimate of drug-likeness (QED) is 0.504. The van der Waals surface area contributed by atoms with Crippen molar-refractivity contribution in [3.63, 3.8) is 0 Å². The van der Waals surface area contributed by atoms with Crippen LogP contribution in [0.1, 0.15) is 47.4 Å². The van der Waals surface area contributed by atoms with Gasteiger partial charge in [-0.1, -0.05) is 0 Å². The van der Waals surface area contributed by atoms with Gasteiger partial charge in [-0.15, -0.1) is 0 Å². The molecule has 1 saturated carbocycles. The van der Waals surface area contributed by atoms with Gasteiger partial charge in [0.1, 0.15) is 16.5 Å². The van der Waals surface area contributed by atoms with E-state index in [2.05, 4.69) is 25.6 Å². The van der Waals surface area contributed by atoms with Crippen LogP contribution in [0.2, 0.25) is 0 Å². The van der Waals surface area contributed by atoms with Crippen molar-refractivity contribution >= 4 is 27.5 Å². The van der Waals surface area contributed by atoms with E-state index < -0.39 is 15.7 Å². The summed E-state index contributed by atoms with van der Waals surface area (Å²) in [5.41, 5.74) is 1.03. The molecule has 0 saturated heterocycles. The van der Waals surface area contributed by atoms with E-state index in [0.29, 0.717) is 5.95 Å². The lowest BCUT2D eigenvalue weighted by atomic mass is 9.91. The van der Waals surface area contributed by atoms with Crippen LogP contribution < -0.4 is 15.5 Å². The average molecular weight is 499 g/mol. The number of amides is 1. The SMILES string of the molecule is Cc1cnc(N[C@H]2CC[C@@H](NC(=O)c3cccnc3S(=O)(=O)c3ccoc3C)CC2)nc1N(C)C. The smallest absolute Gasteiger partial charge is 0.254 e. The van der Waals surface area contributed by atoms with Crippen molar-refractivity contribution < 1.29 is 17.6 Å². The number of carbonyl (C=O) groups is 1. The fourth-order valence-corrected chi connectivity index (χ4v) is 5.84. The molecule has 4 rings (SSSR count). The van der Waals surface area contributed by atoms with E-state index in [0.717, 1.165) is 37.1 Å². The highest BCUT2D eigenvalue weighted by Crippen LogP contribution is 2.27. The van der Waals surface area contributed by atoms with Gasteiger partial charge in [-0.2, -0.15) is 4.98 Å². The van der Waals surface area contributed by atoms with E-state index in [1.54, 1.807) is 19.2 Å². The van der Waals surface area contributed by atoms with E-state index in [1.165, 1.54) is 24.6 Å². The van der Waals surface area contributed by atoms with Gasteiger partial charge in [-0.05, 0) is 57.7 Å². The normalized spacial score (nSPS) is 18.2. The number of aromatic nitrogens is 3. The molecule has 0 aromatic carbocycles. The largest absolute Gasteiger partial charge is 0.468 e. The van der Waals surface area contributed by atoms with Crippen molar-refractivity contribution in [3.8, 4) is 0 Å². The highest BCUT2D eigenvalue weighted by atomic mass is 32.2. The second-order valence-corrected chi connectivity index (χ2v) is 10.8. The molecule has 0 unspecified atom stereocenters. The molecule has 186 valence electrons. The topological polar surface area (TPSA) is 130 Å². The number of nitrogens with zero attached hydrogens (tertiary/aromatic N) is 4. The van der Waals surface area contributed by atoms with Crippen LogP contribution in [0.5, 0.6) is 0 Å². The van der Waals surface area contributed by atoms with Crippen molar-refractivity contribution in [1.29, 1.82) is 0 Å². The first-order chi connectivity index (χ1) is 16.7. The van der Waals surface area contributed by atoms with Crippen LogP contribution in [-0.4, -0.2) is 55.5 Å². The average Bonchev–Trinajstić information content (AvgIpc) is 3.28. The Morgan fingerprint density at radius 1 is 1.09 bits per heavy atom. The summed E-state index contributed by atoms with van der Waals surface area (Å²) in [4.78, 5) is 28.0. The van der Waals surface area contributed by atoms with E-state index in [1.807, 2.05) is 25.9 Å². The number of rotatable bonds is 7. The van der Waals surface area contributed by atoms with Crippen molar-refractivity contribution in [2.24, 2.45) is 0 Å². The molecular formula is C24H30N6O4S. The van der Waals surface area contributed by atoms with Gasteiger partial charge in [-0.25, -0.2) is 18.4 Å². The molecule has 0 radical (unpaired) electrons. The second-order valence-electron chi connectivity index (χ2n) is 8.96. The zero-order chi connectivity index (χ0) is 25.2. The Bertz CT molecular complexity index is 1310. The molecule has 35 heavy (non-hydrogen) atoms. The lowest BCUT2D eigenvalue weighted by Crippen LogP contribution is -2.40. The molecule has 0 aliphatic heterocycles. The van der Waals surface area contributed by atoms with Gasteiger partial charge < -0.3 is 20.0 Å². The standard InChI is InChI=1S/C24H30N6O4S/c1-15-14-26-24(29-21(15)30(3)4)28-18-9-7-17(8-10-18)27-22(31)19-6-5-12-25-23(19)35(32,33)20-11-13-34-16(20)2/h5-6,11-14,17-18H,7-10H2,1-4H3,(H,27,31)(H,26,28,29)/t17-,18+. The summed E-state index contributed by atoms with van der Waals surface area (Å²) < 4.78 is 31.4. The van der Waals surface area contributed by atoms with Crippen LogP contribution in [-0.2, 0) is 9.84 Å². The van der Waals surface area contributed by atoms with Crippen LogP contribution in [0.4, 0.5) is 11.8 Å². The third kappa shape index (κ3) is 5.29. The molecule has 0 atom stereocenters. The number of nitrogens with one attached hydrogen (secondary N) is 2. The first-order valence-corrected chi connectivity index (χ1v) is 13.0. The molecule has 3 aromatic rings. The van der Waals surface area contributed by atoms with Gasteiger partial charge in [0, 0.05) is 44.1 Å². The van der Waals surface area contributed by atoms with Crippen molar-refractivity contribution in [2.45, 2.75) is 61.5 Å². The lowest BCUT2D eigenvalue weighted by Gasteiger charge is -2.30. The molecule has 1 fully saturated rings. The third-order valence-electron chi connectivity index (χ3n) is 6.14. The van der Waals surface area contributed by atoms with E-state index in [-0.39, 0.29) is 33.3 Å². The van der Waals surface area contributed by atoms with Crippen molar-refractivity contribution in [2.75, 3.05) is 24.3 Å². The number of carbonyl (C=O) groups excluding carboxylic acids is 1. The van der Waals surface area contributed by atoms with Crippen LogP contribution >= 0.6 is 0 Å². The van der Waals surface area contributed by atoms with Gasteiger partial charge in [0.25, 0.3) is 5.91 Å². The summed E-state index contributed by atoms with van der Waals surface area (Å²) in [5.74, 6) is 1.26. The molecule has 2 N–H and O–H groups in total. The summed E-state index contributed by atoms with van der Waals surface area (Å²) >= 11 is 0. The minimum Gasteiger partial charge on any atom is -0.468 e. The molecule has 3 aromatic heterocycles. The Morgan fingerprint density at radius 3 is 2.46 bits per heavy atom. The number of furan rings is 1. The van der Waals surface area contributed by atoms with E-state index >= 15 is 0 Å². The van der Waals surface area contributed by atoms with Gasteiger partial charge in [0.2, 0.25) is 15.8 Å². The van der Waals surface area contributed by atoms with Gasteiger partial charge >= 0.3 is 0 Å². The minimum atomic E-state index is -3.99. The number of pyridine rings is 1. The number of hydrogen-bond acceptors (Lipinski definition) is 9. The monoisotopic (exact) mass is 498 g/mol. The molecule has 1 amide bonds. The number of anilines is 2. The molecule has 0 bridgehead atoms. The molecule has 1 aliphatic carbocycles. The lowest BCUT2D eigenvalue weighted by molar-refractivity contribution is 0.0922. The highest BCUT2D eigenvalue weighted by molar-refractivity contribution is 7.91. The Hall–Kier alpha value is -3.47. The predicted octanol–water partition coefficient (Wildman–Crippen LogP) is 3.13. The molecular weight excluding hydrogens is 468 g/mol. The first-order valence-electron chi connectivity index (χ1n) is 11.5. The molecule has 10 nitrogen and oxygen atoms in total. The summed E-state index contributed by atoms with van der Waals surface area (Å²) in [6.45, 7) is 3.53. The maximum absolute atomic E-state index is 13.1. The molecule has 1 aliphatic rings. The molecule has 3 heterocycles. The van der Waals surface area contributed by atoms with Crippen LogP contribution in [0.3, 0.4) is 0 Å². The van der Waals surface area contributed by atoms with Crippen molar-refractivity contribution in [1.82, 2.24) is 20.3 Å². The van der Waals surface area contributed by atoms with E-state index in [9.17, 15) is 13.2 Å². The Morgan fingerprint density at radius 2 is 1.80 bits per heavy atom. The Balaban J connectivity index is 1.40.